The van der Waals surface area contributed by atoms with E-state index in [4.69, 9.17) is 10.5 Å². The number of rotatable bonds is 6. The van der Waals surface area contributed by atoms with E-state index in [0.29, 0.717) is 6.10 Å². The molecule has 0 radical (unpaired) electrons. The third-order valence-corrected chi connectivity index (χ3v) is 3.64. The zero-order valence-electron chi connectivity index (χ0n) is 11.6. The predicted molar refractivity (Wildman–Crippen MR) is 72.5 cm³/mol. The Morgan fingerprint density at radius 2 is 2.39 bits per heavy atom. The van der Waals surface area contributed by atoms with Gasteiger partial charge in [-0.25, -0.2) is 0 Å². The van der Waals surface area contributed by atoms with E-state index < -0.39 is 0 Å². The summed E-state index contributed by atoms with van der Waals surface area (Å²) in [6.45, 7) is 6.09. The Bertz CT molecular complexity index is 369. The second-order valence-electron chi connectivity index (χ2n) is 5.13. The van der Waals surface area contributed by atoms with Crippen LogP contribution in [0.3, 0.4) is 0 Å². The number of hydrogen-bond donors (Lipinski definition) is 1. The van der Waals surface area contributed by atoms with E-state index in [1.54, 1.807) is 0 Å². The average molecular weight is 251 g/mol. The van der Waals surface area contributed by atoms with Crippen LogP contribution in [0.15, 0.2) is 6.07 Å². The molecule has 0 bridgehead atoms. The van der Waals surface area contributed by atoms with Gasteiger partial charge in [0.25, 0.3) is 0 Å². The van der Waals surface area contributed by atoms with Gasteiger partial charge in [0.1, 0.15) is 0 Å². The lowest BCUT2D eigenvalue weighted by atomic mass is 10.0. The van der Waals surface area contributed by atoms with Crippen molar-refractivity contribution < 1.29 is 4.74 Å². The average Bonchev–Trinajstić information content (AvgIpc) is 2.98. The molecule has 4 nitrogen and oxygen atoms in total. The van der Waals surface area contributed by atoms with Gasteiger partial charge in [0.05, 0.1) is 11.8 Å². The topological polar surface area (TPSA) is 53.1 Å². The minimum absolute atomic E-state index is 0.180. The summed E-state index contributed by atoms with van der Waals surface area (Å²) in [5.41, 5.74) is 8.67. The van der Waals surface area contributed by atoms with Gasteiger partial charge in [0.15, 0.2) is 0 Å². The first-order valence-corrected chi connectivity index (χ1v) is 7.15. The molecule has 2 rings (SSSR count). The number of nitrogens with two attached hydrogens (primary N) is 1. The van der Waals surface area contributed by atoms with Crippen molar-refractivity contribution in [3.8, 4) is 0 Å². The predicted octanol–water partition coefficient (Wildman–Crippen LogP) is 1.90. The van der Waals surface area contributed by atoms with Gasteiger partial charge in [-0.3, -0.25) is 4.68 Å². The molecular weight excluding hydrogens is 226 g/mol. The molecule has 102 valence electrons. The molecule has 1 fully saturated rings. The molecule has 2 unspecified atom stereocenters. The fraction of sp³-hybridized carbons (Fsp3) is 0.786. The maximum Gasteiger partial charge on any atom is 0.0624 e. The van der Waals surface area contributed by atoms with Crippen molar-refractivity contribution >= 4 is 0 Å². The molecule has 0 aromatic carbocycles. The summed E-state index contributed by atoms with van der Waals surface area (Å²) in [5.74, 6) is 0. The quantitative estimate of drug-likeness (QED) is 0.840. The number of aromatic nitrogens is 2. The van der Waals surface area contributed by atoms with Crippen LogP contribution in [-0.4, -0.2) is 28.5 Å². The Morgan fingerprint density at radius 3 is 3.00 bits per heavy atom. The van der Waals surface area contributed by atoms with E-state index in [9.17, 15) is 0 Å². The molecule has 18 heavy (non-hydrogen) atoms. The van der Waals surface area contributed by atoms with Crippen LogP contribution in [0, 0.1) is 0 Å². The first-order chi connectivity index (χ1) is 8.72. The highest BCUT2D eigenvalue weighted by molar-refractivity contribution is 5.12. The lowest BCUT2D eigenvalue weighted by Gasteiger charge is -2.16. The summed E-state index contributed by atoms with van der Waals surface area (Å²) in [4.78, 5) is 0. The smallest absolute Gasteiger partial charge is 0.0624 e. The molecular formula is C14H25N3O. The van der Waals surface area contributed by atoms with Crippen molar-refractivity contribution in [2.75, 3.05) is 6.61 Å². The maximum absolute atomic E-state index is 6.24. The zero-order valence-corrected chi connectivity index (χ0v) is 11.6. The number of nitrogens with zero attached hydrogens (tertiary/aromatic N) is 2. The van der Waals surface area contributed by atoms with Gasteiger partial charge in [0, 0.05) is 31.3 Å². The van der Waals surface area contributed by atoms with E-state index in [2.05, 4.69) is 29.7 Å². The number of aryl methyl sites for hydroxylation is 2. The third-order valence-electron chi connectivity index (χ3n) is 3.64. The Hall–Kier alpha value is -0.870. The normalized spacial score (nSPS) is 21.4. The van der Waals surface area contributed by atoms with E-state index in [1.165, 1.54) is 18.5 Å². The molecule has 0 aliphatic carbocycles. The first kappa shape index (κ1) is 13.6. The summed E-state index contributed by atoms with van der Waals surface area (Å²) in [7, 11) is 0. The summed E-state index contributed by atoms with van der Waals surface area (Å²) < 4.78 is 7.72. The van der Waals surface area contributed by atoms with Crippen LogP contribution >= 0.6 is 0 Å². The van der Waals surface area contributed by atoms with Gasteiger partial charge in [-0.05, 0) is 38.7 Å². The van der Waals surface area contributed by atoms with Crippen LogP contribution in [0.25, 0.3) is 0 Å². The summed E-state index contributed by atoms with van der Waals surface area (Å²) in [5, 5.41) is 4.56. The van der Waals surface area contributed by atoms with Crippen molar-refractivity contribution in [2.24, 2.45) is 5.73 Å². The molecule has 4 heteroatoms. The Balaban J connectivity index is 1.92. The summed E-state index contributed by atoms with van der Waals surface area (Å²) in [6, 6.07) is 2.37. The zero-order chi connectivity index (χ0) is 13.0. The Morgan fingerprint density at radius 1 is 1.56 bits per heavy atom. The van der Waals surface area contributed by atoms with E-state index in [1.807, 2.05) is 0 Å². The highest BCUT2D eigenvalue weighted by Crippen LogP contribution is 2.18. The summed E-state index contributed by atoms with van der Waals surface area (Å²) >= 11 is 0. The van der Waals surface area contributed by atoms with Crippen LogP contribution < -0.4 is 5.73 Å². The monoisotopic (exact) mass is 251 g/mol. The molecule has 1 aliphatic rings. The lowest BCUT2D eigenvalue weighted by molar-refractivity contribution is 0.0981. The molecule has 1 aromatic heterocycles. The fourth-order valence-electron chi connectivity index (χ4n) is 2.65. The van der Waals surface area contributed by atoms with Gasteiger partial charge in [0.2, 0.25) is 0 Å². The van der Waals surface area contributed by atoms with E-state index in [0.717, 1.165) is 38.1 Å². The van der Waals surface area contributed by atoms with Crippen molar-refractivity contribution in [1.82, 2.24) is 9.78 Å². The molecule has 2 heterocycles. The maximum atomic E-state index is 6.24. The molecule has 2 N–H and O–H groups in total. The SMILES string of the molecule is CCc1cc(CC(N)CC2CCCO2)n(CC)n1. The molecule has 0 spiro atoms. The molecule has 1 aliphatic heterocycles. The van der Waals surface area contributed by atoms with Crippen LogP contribution in [0.5, 0.6) is 0 Å². The Labute approximate surface area is 110 Å². The fourth-order valence-corrected chi connectivity index (χ4v) is 2.65. The van der Waals surface area contributed by atoms with Gasteiger partial charge in [-0.15, -0.1) is 0 Å². The standard InChI is InChI=1S/C14H25N3O/c1-3-12-10-13(17(4-2)16-12)8-11(15)9-14-6-5-7-18-14/h10-11,14H,3-9,15H2,1-2H3. The highest BCUT2D eigenvalue weighted by Gasteiger charge is 2.20. The molecule has 2 atom stereocenters. The second-order valence-corrected chi connectivity index (χ2v) is 5.13. The van der Waals surface area contributed by atoms with Crippen LogP contribution in [0.2, 0.25) is 0 Å². The molecule has 0 amide bonds. The highest BCUT2D eigenvalue weighted by atomic mass is 16.5. The first-order valence-electron chi connectivity index (χ1n) is 7.15. The molecule has 1 saturated heterocycles. The minimum Gasteiger partial charge on any atom is -0.378 e. The van der Waals surface area contributed by atoms with Crippen LogP contribution in [0.4, 0.5) is 0 Å². The largest absolute Gasteiger partial charge is 0.378 e. The third kappa shape index (κ3) is 3.33. The van der Waals surface area contributed by atoms with Gasteiger partial charge < -0.3 is 10.5 Å². The van der Waals surface area contributed by atoms with Crippen LogP contribution in [0.1, 0.15) is 44.5 Å². The van der Waals surface area contributed by atoms with Crippen LogP contribution in [-0.2, 0) is 24.1 Å². The second kappa shape index (κ2) is 6.34. The van der Waals surface area contributed by atoms with E-state index in [-0.39, 0.29) is 6.04 Å². The Kier molecular flexibility index (Phi) is 4.78. The minimum atomic E-state index is 0.180. The number of hydrogen-bond acceptors (Lipinski definition) is 3. The van der Waals surface area contributed by atoms with Crippen molar-refractivity contribution in [1.29, 1.82) is 0 Å². The van der Waals surface area contributed by atoms with Crippen molar-refractivity contribution in [3.05, 3.63) is 17.5 Å². The number of ether oxygens (including phenoxy) is 1. The van der Waals surface area contributed by atoms with Gasteiger partial charge >= 0.3 is 0 Å². The molecule has 0 saturated carbocycles. The molecule has 1 aromatic rings. The van der Waals surface area contributed by atoms with E-state index >= 15 is 0 Å². The van der Waals surface area contributed by atoms with Crippen molar-refractivity contribution in [3.63, 3.8) is 0 Å². The summed E-state index contributed by atoms with van der Waals surface area (Å²) in [6.07, 6.45) is 5.59. The van der Waals surface area contributed by atoms with Gasteiger partial charge in [-0.1, -0.05) is 6.92 Å². The lowest BCUT2D eigenvalue weighted by Crippen LogP contribution is -2.29. The van der Waals surface area contributed by atoms with Crippen molar-refractivity contribution in [2.45, 2.75) is 64.6 Å². The van der Waals surface area contributed by atoms with Gasteiger partial charge in [-0.2, -0.15) is 5.10 Å².